The van der Waals surface area contributed by atoms with Crippen molar-refractivity contribution in [2.75, 3.05) is 11.1 Å². The molecule has 0 radical (unpaired) electrons. The van der Waals surface area contributed by atoms with Crippen LogP contribution in [0.3, 0.4) is 0 Å². The van der Waals surface area contributed by atoms with Crippen molar-refractivity contribution < 1.29 is 4.79 Å². The Morgan fingerprint density at radius 1 is 1.28 bits per heavy atom. The number of pyridine rings is 1. The fourth-order valence-corrected chi connectivity index (χ4v) is 1.70. The zero-order chi connectivity index (χ0) is 13.1. The zero-order valence-electron chi connectivity index (χ0n) is 9.77. The van der Waals surface area contributed by atoms with Crippen LogP contribution in [0.5, 0.6) is 0 Å². The van der Waals surface area contributed by atoms with Gasteiger partial charge in [-0.2, -0.15) is 0 Å². The number of nitrogen functional groups attached to an aromatic ring is 1. The van der Waals surface area contributed by atoms with E-state index < -0.39 is 0 Å². The number of para-hydroxylation sites is 1. The summed E-state index contributed by atoms with van der Waals surface area (Å²) in [6, 6.07) is 10.6. The highest BCUT2D eigenvalue weighted by molar-refractivity contribution is 6.34. The second-order valence-electron chi connectivity index (χ2n) is 3.84. The van der Waals surface area contributed by atoms with Crippen molar-refractivity contribution in [1.29, 1.82) is 0 Å². The normalized spacial score (nSPS) is 10.1. The lowest BCUT2D eigenvalue weighted by Gasteiger charge is -2.08. The molecule has 0 fully saturated rings. The topological polar surface area (TPSA) is 68.0 Å². The second-order valence-corrected chi connectivity index (χ2v) is 4.24. The van der Waals surface area contributed by atoms with Crippen LogP contribution < -0.4 is 11.1 Å². The molecule has 1 heterocycles. The predicted octanol–water partition coefficient (Wildman–Crippen LogP) is 2.88. The second kappa shape index (κ2) is 5.06. The third-order valence-corrected chi connectivity index (χ3v) is 2.78. The van der Waals surface area contributed by atoms with Crippen LogP contribution in [0, 0.1) is 6.92 Å². The summed E-state index contributed by atoms with van der Waals surface area (Å²) in [5.41, 5.74) is 7.35. The van der Waals surface area contributed by atoms with Crippen molar-refractivity contribution in [2.24, 2.45) is 0 Å². The molecule has 2 aromatic rings. The van der Waals surface area contributed by atoms with Crippen LogP contribution >= 0.6 is 11.6 Å². The molecule has 0 atom stereocenters. The van der Waals surface area contributed by atoms with Gasteiger partial charge in [0.1, 0.15) is 11.5 Å². The van der Waals surface area contributed by atoms with E-state index >= 15 is 0 Å². The molecule has 1 aromatic heterocycles. The van der Waals surface area contributed by atoms with E-state index in [9.17, 15) is 4.79 Å². The molecule has 3 N–H and O–H groups in total. The highest BCUT2D eigenvalue weighted by Crippen LogP contribution is 2.19. The minimum atomic E-state index is -0.374. The maximum absolute atomic E-state index is 12.0. The molecule has 0 unspecified atom stereocenters. The molecule has 18 heavy (non-hydrogen) atoms. The number of hydrogen-bond acceptors (Lipinski definition) is 3. The smallest absolute Gasteiger partial charge is 0.275 e. The van der Waals surface area contributed by atoms with Gasteiger partial charge in [0.15, 0.2) is 0 Å². The molecule has 4 nitrogen and oxygen atoms in total. The van der Waals surface area contributed by atoms with E-state index in [4.69, 9.17) is 17.3 Å². The average Bonchev–Trinajstić information content (AvgIpc) is 2.35. The van der Waals surface area contributed by atoms with Gasteiger partial charge in [0.05, 0.1) is 5.02 Å². The Morgan fingerprint density at radius 2 is 2.00 bits per heavy atom. The van der Waals surface area contributed by atoms with Crippen molar-refractivity contribution >= 4 is 29.0 Å². The van der Waals surface area contributed by atoms with Crippen molar-refractivity contribution in [1.82, 2.24) is 4.98 Å². The van der Waals surface area contributed by atoms with Gasteiger partial charge < -0.3 is 11.1 Å². The van der Waals surface area contributed by atoms with E-state index in [1.807, 2.05) is 31.2 Å². The Balaban J connectivity index is 2.28. The van der Waals surface area contributed by atoms with Gasteiger partial charge in [-0.05, 0) is 30.7 Å². The van der Waals surface area contributed by atoms with E-state index in [1.165, 1.54) is 0 Å². The minimum Gasteiger partial charge on any atom is -0.384 e. The Kier molecular flexibility index (Phi) is 3.48. The largest absolute Gasteiger partial charge is 0.384 e. The van der Waals surface area contributed by atoms with Crippen LogP contribution in [-0.4, -0.2) is 10.9 Å². The molecule has 1 aromatic carbocycles. The lowest BCUT2D eigenvalue weighted by molar-refractivity contribution is 0.102. The summed E-state index contributed by atoms with van der Waals surface area (Å²) in [6.45, 7) is 1.91. The number of aryl methyl sites for hydroxylation is 1. The van der Waals surface area contributed by atoms with Crippen LogP contribution in [0.15, 0.2) is 36.4 Å². The number of rotatable bonds is 2. The summed E-state index contributed by atoms with van der Waals surface area (Å²) in [7, 11) is 0. The maximum atomic E-state index is 12.0. The molecule has 0 bridgehead atoms. The van der Waals surface area contributed by atoms with Gasteiger partial charge >= 0.3 is 0 Å². The van der Waals surface area contributed by atoms with Crippen molar-refractivity contribution in [3.05, 3.63) is 52.7 Å². The van der Waals surface area contributed by atoms with Crippen LogP contribution in [0.1, 0.15) is 16.1 Å². The zero-order valence-corrected chi connectivity index (χ0v) is 10.5. The summed E-state index contributed by atoms with van der Waals surface area (Å²) in [5.74, 6) is -0.115. The number of aromatic nitrogens is 1. The number of carbonyl (C=O) groups excluding carboxylic acids is 1. The summed E-state index contributed by atoms with van der Waals surface area (Å²) in [5, 5.41) is 3.03. The summed E-state index contributed by atoms with van der Waals surface area (Å²) in [6.07, 6.45) is 0. The van der Waals surface area contributed by atoms with Crippen LogP contribution in [0.2, 0.25) is 5.02 Å². The molecule has 5 heteroatoms. The van der Waals surface area contributed by atoms with E-state index in [0.717, 1.165) is 11.3 Å². The average molecular weight is 262 g/mol. The number of nitrogens with two attached hydrogens (primary N) is 1. The molecular formula is C13H12ClN3O. The van der Waals surface area contributed by atoms with Crippen LogP contribution in [0.4, 0.5) is 11.5 Å². The Morgan fingerprint density at radius 3 is 2.72 bits per heavy atom. The first-order chi connectivity index (χ1) is 8.58. The minimum absolute atomic E-state index is 0.125. The molecule has 92 valence electrons. The first-order valence-electron chi connectivity index (χ1n) is 5.37. The number of hydrogen-bond donors (Lipinski definition) is 2. The number of anilines is 2. The van der Waals surface area contributed by atoms with E-state index in [2.05, 4.69) is 10.3 Å². The van der Waals surface area contributed by atoms with Crippen molar-refractivity contribution in [3.8, 4) is 0 Å². The van der Waals surface area contributed by atoms with Gasteiger partial charge in [0.2, 0.25) is 0 Å². The van der Waals surface area contributed by atoms with Crippen molar-refractivity contribution in [3.63, 3.8) is 0 Å². The highest BCUT2D eigenvalue weighted by Gasteiger charge is 2.13. The number of benzene rings is 1. The van der Waals surface area contributed by atoms with Gasteiger partial charge in [-0.25, -0.2) is 4.98 Å². The van der Waals surface area contributed by atoms with Gasteiger partial charge in [0, 0.05) is 5.69 Å². The van der Waals surface area contributed by atoms with Gasteiger partial charge in [0.25, 0.3) is 5.91 Å². The first-order valence-corrected chi connectivity index (χ1v) is 5.74. The summed E-state index contributed by atoms with van der Waals surface area (Å²) < 4.78 is 0. The summed E-state index contributed by atoms with van der Waals surface area (Å²) in [4.78, 5) is 16.0. The Hall–Kier alpha value is -2.07. The van der Waals surface area contributed by atoms with E-state index in [0.29, 0.717) is 0 Å². The van der Waals surface area contributed by atoms with Gasteiger partial charge in [-0.1, -0.05) is 29.8 Å². The third-order valence-electron chi connectivity index (χ3n) is 2.48. The lowest BCUT2D eigenvalue weighted by Crippen LogP contribution is -2.15. The predicted molar refractivity (Wildman–Crippen MR) is 72.8 cm³/mol. The molecule has 2 rings (SSSR count). The molecule has 0 saturated heterocycles. The lowest BCUT2D eigenvalue weighted by atomic mass is 10.2. The fourth-order valence-electron chi connectivity index (χ4n) is 1.51. The first kappa shape index (κ1) is 12.4. The van der Waals surface area contributed by atoms with Crippen LogP contribution in [-0.2, 0) is 0 Å². The number of halogens is 1. The molecule has 1 amide bonds. The SMILES string of the molecule is Cc1ccccc1NC(=O)c1nc(N)ccc1Cl. The van der Waals surface area contributed by atoms with Crippen LogP contribution in [0.25, 0.3) is 0 Å². The highest BCUT2D eigenvalue weighted by atomic mass is 35.5. The van der Waals surface area contributed by atoms with E-state index in [-0.39, 0.29) is 22.4 Å². The van der Waals surface area contributed by atoms with Gasteiger partial charge in [-0.15, -0.1) is 0 Å². The Bertz CT molecular complexity index is 599. The van der Waals surface area contributed by atoms with Crippen molar-refractivity contribution in [2.45, 2.75) is 6.92 Å². The Labute approximate surface area is 110 Å². The third kappa shape index (κ3) is 2.60. The maximum Gasteiger partial charge on any atom is 0.275 e. The molecule has 0 saturated carbocycles. The molecule has 0 aliphatic heterocycles. The summed E-state index contributed by atoms with van der Waals surface area (Å²) >= 11 is 5.92. The van der Waals surface area contributed by atoms with Gasteiger partial charge in [-0.3, -0.25) is 4.79 Å². The number of amides is 1. The quantitative estimate of drug-likeness (QED) is 0.873. The molecule has 0 aliphatic carbocycles. The number of nitrogens with zero attached hydrogens (tertiary/aromatic N) is 1. The number of nitrogens with one attached hydrogen (secondary N) is 1. The molecular weight excluding hydrogens is 250 g/mol. The fraction of sp³-hybridized carbons (Fsp3) is 0.0769. The van der Waals surface area contributed by atoms with E-state index in [1.54, 1.807) is 12.1 Å². The molecule has 0 aliphatic rings. The monoisotopic (exact) mass is 261 g/mol. The standard InChI is InChI=1S/C13H12ClN3O/c1-8-4-2-3-5-10(8)16-13(18)12-9(14)6-7-11(15)17-12/h2-7H,1H3,(H2,15,17)(H,16,18). The number of carbonyl (C=O) groups is 1. The molecule has 0 spiro atoms.